The third kappa shape index (κ3) is 2.08. The topological polar surface area (TPSA) is 46.3 Å². The highest BCUT2D eigenvalue weighted by molar-refractivity contribution is 7.12. The molecule has 3 heterocycles. The van der Waals surface area contributed by atoms with E-state index < -0.39 is 0 Å². The largest absolute Gasteiger partial charge is 0.361 e. The Kier molecular flexibility index (Phi) is 3.14. The predicted octanol–water partition coefficient (Wildman–Crippen LogP) is 3.33. The summed E-state index contributed by atoms with van der Waals surface area (Å²) in [6, 6.07) is 3.91. The molecule has 1 aliphatic heterocycles. The Hall–Kier alpha value is -1.62. The zero-order valence-electron chi connectivity index (χ0n) is 11.0. The van der Waals surface area contributed by atoms with Crippen molar-refractivity contribution in [1.29, 1.82) is 0 Å². The van der Waals surface area contributed by atoms with Crippen LogP contribution < -0.4 is 0 Å². The van der Waals surface area contributed by atoms with E-state index in [-0.39, 0.29) is 11.9 Å². The maximum Gasteiger partial charge on any atom is 0.264 e. The van der Waals surface area contributed by atoms with E-state index in [1.54, 1.807) is 0 Å². The second kappa shape index (κ2) is 4.81. The molecule has 4 nitrogen and oxygen atoms in total. The van der Waals surface area contributed by atoms with Crippen molar-refractivity contribution in [3.8, 4) is 0 Å². The second-order valence-corrected chi connectivity index (χ2v) is 5.82. The molecule has 5 heteroatoms. The number of likely N-dealkylation sites (tertiary alicyclic amines) is 1. The van der Waals surface area contributed by atoms with Crippen LogP contribution in [0.3, 0.4) is 0 Å². The molecule has 1 fully saturated rings. The predicted molar refractivity (Wildman–Crippen MR) is 73.3 cm³/mol. The molecule has 1 aliphatic rings. The molecular formula is C14H16N2O2S. The van der Waals surface area contributed by atoms with Gasteiger partial charge in [-0.3, -0.25) is 4.79 Å². The molecule has 1 saturated heterocycles. The minimum atomic E-state index is 0.112. The van der Waals surface area contributed by atoms with Gasteiger partial charge in [0.1, 0.15) is 5.76 Å². The molecular weight excluding hydrogens is 260 g/mol. The fourth-order valence-corrected chi connectivity index (χ4v) is 3.50. The molecule has 0 aliphatic carbocycles. The minimum Gasteiger partial charge on any atom is -0.361 e. The minimum absolute atomic E-state index is 0.112. The Labute approximate surface area is 116 Å². The Bertz CT molecular complexity index is 569. The zero-order chi connectivity index (χ0) is 13.4. The van der Waals surface area contributed by atoms with Gasteiger partial charge in [-0.05, 0) is 38.1 Å². The molecule has 0 saturated carbocycles. The normalized spacial score (nSPS) is 19.1. The van der Waals surface area contributed by atoms with E-state index in [9.17, 15) is 4.79 Å². The summed E-state index contributed by atoms with van der Waals surface area (Å²) in [5.41, 5.74) is 1.98. The number of hydrogen-bond donors (Lipinski definition) is 0. The van der Waals surface area contributed by atoms with Gasteiger partial charge in [-0.1, -0.05) is 11.2 Å². The van der Waals surface area contributed by atoms with Crippen LogP contribution in [-0.4, -0.2) is 22.5 Å². The molecule has 2 aromatic heterocycles. The highest BCUT2D eigenvalue weighted by Gasteiger charge is 2.34. The standard InChI is InChI=1S/C14H16N2O2S/c1-9-13(10(2)18-15-9)11-5-3-7-16(11)14(17)12-6-4-8-19-12/h4,6,8,11H,3,5,7H2,1-2H3. The van der Waals surface area contributed by atoms with Crippen LogP contribution in [0.25, 0.3) is 0 Å². The maximum absolute atomic E-state index is 12.5. The van der Waals surface area contributed by atoms with Crippen LogP contribution >= 0.6 is 11.3 Å². The molecule has 0 N–H and O–H groups in total. The number of nitrogens with zero attached hydrogens (tertiary/aromatic N) is 2. The summed E-state index contributed by atoms with van der Waals surface area (Å²) in [6.45, 7) is 4.67. The number of aryl methyl sites for hydroxylation is 2. The number of rotatable bonds is 2. The monoisotopic (exact) mass is 276 g/mol. The van der Waals surface area contributed by atoms with E-state index in [1.807, 2.05) is 36.3 Å². The number of aromatic nitrogens is 1. The summed E-state index contributed by atoms with van der Waals surface area (Å²) in [4.78, 5) is 15.3. The molecule has 0 spiro atoms. The number of amides is 1. The lowest BCUT2D eigenvalue weighted by Gasteiger charge is -2.24. The Morgan fingerprint density at radius 1 is 1.53 bits per heavy atom. The fourth-order valence-electron chi connectivity index (χ4n) is 2.82. The second-order valence-electron chi connectivity index (χ2n) is 4.87. The highest BCUT2D eigenvalue weighted by Crippen LogP contribution is 2.36. The average Bonchev–Trinajstić information content (AvgIpc) is 3.10. The third-order valence-electron chi connectivity index (χ3n) is 3.67. The lowest BCUT2D eigenvalue weighted by atomic mass is 10.0. The summed E-state index contributed by atoms with van der Waals surface area (Å²) in [6.07, 6.45) is 2.02. The zero-order valence-corrected chi connectivity index (χ0v) is 11.9. The molecule has 2 aromatic rings. The van der Waals surface area contributed by atoms with Crippen molar-refractivity contribution in [3.05, 3.63) is 39.4 Å². The first-order valence-corrected chi connectivity index (χ1v) is 7.33. The summed E-state index contributed by atoms with van der Waals surface area (Å²) in [7, 11) is 0. The van der Waals surface area contributed by atoms with Gasteiger partial charge in [-0.25, -0.2) is 0 Å². The van der Waals surface area contributed by atoms with Crippen LogP contribution in [0.2, 0.25) is 0 Å². The molecule has 3 rings (SSSR count). The molecule has 0 radical (unpaired) electrons. The van der Waals surface area contributed by atoms with E-state index in [1.165, 1.54) is 11.3 Å². The first-order valence-electron chi connectivity index (χ1n) is 6.45. The Balaban J connectivity index is 1.92. The molecule has 19 heavy (non-hydrogen) atoms. The van der Waals surface area contributed by atoms with Gasteiger partial charge in [0.2, 0.25) is 0 Å². The Morgan fingerprint density at radius 3 is 3.00 bits per heavy atom. The summed E-state index contributed by atoms with van der Waals surface area (Å²) >= 11 is 1.50. The van der Waals surface area contributed by atoms with Crippen LogP contribution in [0.15, 0.2) is 22.0 Å². The van der Waals surface area contributed by atoms with Crippen LogP contribution in [0, 0.1) is 13.8 Å². The van der Waals surface area contributed by atoms with Crippen LogP contribution in [0.4, 0.5) is 0 Å². The van der Waals surface area contributed by atoms with Crippen LogP contribution in [-0.2, 0) is 0 Å². The van der Waals surface area contributed by atoms with Gasteiger partial charge < -0.3 is 9.42 Å². The molecule has 1 unspecified atom stereocenters. The Morgan fingerprint density at radius 2 is 2.37 bits per heavy atom. The van der Waals surface area contributed by atoms with Gasteiger partial charge >= 0.3 is 0 Å². The van der Waals surface area contributed by atoms with Crippen molar-refractivity contribution in [3.63, 3.8) is 0 Å². The van der Waals surface area contributed by atoms with Crippen LogP contribution in [0.5, 0.6) is 0 Å². The first-order chi connectivity index (χ1) is 9.18. The van der Waals surface area contributed by atoms with Crippen LogP contribution in [0.1, 0.15) is 45.6 Å². The number of hydrogen-bond acceptors (Lipinski definition) is 4. The van der Waals surface area contributed by atoms with E-state index >= 15 is 0 Å². The smallest absolute Gasteiger partial charge is 0.264 e. The van der Waals surface area contributed by atoms with E-state index in [0.29, 0.717) is 0 Å². The fraction of sp³-hybridized carbons (Fsp3) is 0.429. The molecule has 0 bridgehead atoms. The summed E-state index contributed by atoms with van der Waals surface area (Å²) in [5, 5.41) is 5.95. The van der Waals surface area contributed by atoms with E-state index in [2.05, 4.69) is 5.16 Å². The lowest BCUT2D eigenvalue weighted by Crippen LogP contribution is -2.30. The summed E-state index contributed by atoms with van der Waals surface area (Å²) < 4.78 is 5.24. The van der Waals surface area contributed by atoms with Crippen molar-refractivity contribution in [2.45, 2.75) is 32.7 Å². The van der Waals surface area contributed by atoms with E-state index in [4.69, 9.17) is 4.52 Å². The van der Waals surface area contributed by atoms with Gasteiger partial charge in [-0.15, -0.1) is 11.3 Å². The number of carbonyl (C=O) groups is 1. The molecule has 100 valence electrons. The number of thiophene rings is 1. The van der Waals surface area contributed by atoms with Gasteiger partial charge in [0.15, 0.2) is 0 Å². The third-order valence-corrected chi connectivity index (χ3v) is 4.53. The van der Waals surface area contributed by atoms with Crippen molar-refractivity contribution in [2.75, 3.05) is 6.54 Å². The van der Waals surface area contributed by atoms with Crippen molar-refractivity contribution >= 4 is 17.2 Å². The van der Waals surface area contributed by atoms with Crippen molar-refractivity contribution in [2.24, 2.45) is 0 Å². The molecule has 1 atom stereocenters. The van der Waals surface area contributed by atoms with E-state index in [0.717, 1.165) is 41.3 Å². The molecule has 1 amide bonds. The lowest BCUT2D eigenvalue weighted by molar-refractivity contribution is 0.0739. The van der Waals surface area contributed by atoms with Gasteiger partial charge in [0.25, 0.3) is 5.91 Å². The highest BCUT2D eigenvalue weighted by atomic mass is 32.1. The van der Waals surface area contributed by atoms with Gasteiger partial charge in [0.05, 0.1) is 16.6 Å². The quantitative estimate of drug-likeness (QED) is 0.845. The average molecular weight is 276 g/mol. The maximum atomic E-state index is 12.5. The summed E-state index contributed by atoms with van der Waals surface area (Å²) in [5.74, 6) is 0.950. The van der Waals surface area contributed by atoms with Crippen molar-refractivity contribution < 1.29 is 9.32 Å². The van der Waals surface area contributed by atoms with Gasteiger partial charge in [-0.2, -0.15) is 0 Å². The van der Waals surface area contributed by atoms with Crippen molar-refractivity contribution in [1.82, 2.24) is 10.1 Å². The molecule has 0 aromatic carbocycles. The SMILES string of the molecule is Cc1noc(C)c1C1CCCN1C(=O)c1cccs1. The number of carbonyl (C=O) groups excluding carboxylic acids is 1. The van der Waals surface area contributed by atoms with Gasteiger partial charge in [0, 0.05) is 12.1 Å². The first kappa shape index (κ1) is 12.4.